The summed E-state index contributed by atoms with van der Waals surface area (Å²) in [5.41, 5.74) is 8.15. The van der Waals surface area contributed by atoms with E-state index in [4.69, 9.17) is 10.1 Å². The highest BCUT2D eigenvalue weighted by atomic mass is 32.2. The SMILES string of the molecule is [N-]=[N+]=NCCCN1CCN(C(=O)CCS(=O)(=O)O)CC1. The van der Waals surface area contributed by atoms with Crippen LogP contribution in [0.4, 0.5) is 0 Å². The Morgan fingerprint density at radius 3 is 2.50 bits per heavy atom. The van der Waals surface area contributed by atoms with Crippen molar-refractivity contribution in [3.8, 4) is 0 Å². The van der Waals surface area contributed by atoms with Crippen LogP contribution in [0.2, 0.25) is 0 Å². The van der Waals surface area contributed by atoms with Crippen molar-refractivity contribution < 1.29 is 17.8 Å². The number of hydrogen-bond acceptors (Lipinski definition) is 5. The van der Waals surface area contributed by atoms with E-state index in [9.17, 15) is 13.2 Å². The van der Waals surface area contributed by atoms with Crippen LogP contribution in [0.5, 0.6) is 0 Å². The average Bonchev–Trinajstić information content (AvgIpc) is 2.41. The van der Waals surface area contributed by atoms with E-state index in [0.29, 0.717) is 32.7 Å². The minimum atomic E-state index is -4.08. The van der Waals surface area contributed by atoms with E-state index in [1.54, 1.807) is 4.90 Å². The van der Waals surface area contributed by atoms with Crippen molar-refractivity contribution in [1.29, 1.82) is 0 Å². The lowest BCUT2D eigenvalue weighted by Crippen LogP contribution is -2.49. The van der Waals surface area contributed by atoms with Gasteiger partial charge in [0.1, 0.15) is 0 Å². The third-order valence-corrected chi connectivity index (χ3v) is 3.81. The van der Waals surface area contributed by atoms with Gasteiger partial charge in [-0.25, -0.2) is 0 Å². The molecule has 0 radical (unpaired) electrons. The molecule has 1 rings (SSSR count). The van der Waals surface area contributed by atoms with Crippen molar-refractivity contribution in [3.05, 3.63) is 10.4 Å². The van der Waals surface area contributed by atoms with Crippen LogP contribution in [0.15, 0.2) is 5.11 Å². The molecular formula is C10H19N5O4S. The first-order valence-electron chi connectivity index (χ1n) is 6.38. The lowest BCUT2D eigenvalue weighted by atomic mass is 10.2. The van der Waals surface area contributed by atoms with Gasteiger partial charge < -0.3 is 4.90 Å². The van der Waals surface area contributed by atoms with Crippen molar-refractivity contribution in [2.45, 2.75) is 12.8 Å². The smallest absolute Gasteiger partial charge is 0.265 e. The second kappa shape index (κ2) is 8.05. The Morgan fingerprint density at radius 1 is 1.30 bits per heavy atom. The molecule has 1 amide bonds. The normalized spacial score (nSPS) is 16.8. The minimum Gasteiger partial charge on any atom is -0.340 e. The molecule has 1 aliphatic rings. The maximum absolute atomic E-state index is 11.7. The van der Waals surface area contributed by atoms with Crippen LogP contribution in [0.3, 0.4) is 0 Å². The fraction of sp³-hybridized carbons (Fsp3) is 0.900. The van der Waals surface area contributed by atoms with E-state index in [-0.39, 0.29) is 12.3 Å². The van der Waals surface area contributed by atoms with Gasteiger partial charge in [0.15, 0.2) is 0 Å². The van der Waals surface area contributed by atoms with Crippen molar-refractivity contribution in [1.82, 2.24) is 9.80 Å². The van der Waals surface area contributed by atoms with Gasteiger partial charge in [-0.3, -0.25) is 14.2 Å². The molecule has 0 spiro atoms. The Bertz CT molecular complexity index is 466. The van der Waals surface area contributed by atoms with Crippen molar-refractivity contribution in [2.75, 3.05) is 45.0 Å². The third kappa shape index (κ3) is 6.71. The summed E-state index contributed by atoms with van der Waals surface area (Å²) in [4.78, 5) is 18.2. The maximum Gasteiger partial charge on any atom is 0.265 e. The van der Waals surface area contributed by atoms with Gasteiger partial charge in [0.2, 0.25) is 5.91 Å². The summed E-state index contributed by atoms with van der Waals surface area (Å²) in [6.45, 7) is 3.80. The van der Waals surface area contributed by atoms with Crippen LogP contribution in [0.1, 0.15) is 12.8 Å². The zero-order valence-corrected chi connectivity index (χ0v) is 12.0. The molecule has 0 aliphatic carbocycles. The maximum atomic E-state index is 11.7. The Hall–Kier alpha value is -1.35. The molecule has 0 bridgehead atoms. The van der Waals surface area contributed by atoms with E-state index in [2.05, 4.69) is 14.9 Å². The molecular weight excluding hydrogens is 286 g/mol. The second-order valence-corrected chi connectivity index (χ2v) is 6.14. The quantitative estimate of drug-likeness (QED) is 0.235. The van der Waals surface area contributed by atoms with Crippen molar-refractivity contribution >= 4 is 16.0 Å². The molecule has 1 fully saturated rings. The molecule has 20 heavy (non-hydrogen) atoms. The molecule has 0 aromatic heterocycles. The molecule has 9 nitrogen and oxygen atoms in total. The highest BCUT2D eigenvalue weighted by Gasteiger charge is 2.21. The van der Waals surface area contributed by atoms with E-state index in [0.717, 1.165) is 13.0 Å². The van der Waals surface area contributed by atoms with Gasteiger partial charge in [0, 0.05) is 44.1 Å². The van der Waals surface area contributed by atoms with Gasteiger partial charge in [-0.2, -0.15) is 8.42 Å². The predicted molar refractivity (Wildman–Crippen MR) is 72.7 cm³/mol. The average molecular weight is 305 g/mol. The molecule has 0 aromatic carbocycles. The first kappa shape index (κ1) is 16.7. The topological polar surface area (TPSA) is 127 Å². The number of carbonyl (C=O) groups is 1. The van der Waals surface area contributed by atoms with Gasteiger partial charge in [0.25, 0.3) is 10.1 Å². The van der Waals surface area contributed by atoms with Gasteiger partial charge >= 0.3 is 0 Å². The zero-order valence-electron chi connectivity index (χ0n) is 11.2. The molecule has 1 aliphatic heterocycles. The Kier molecular flexibility index (Phi) is 6.73. The molecule has 1 heterocycles. The summed E-state index contributed by atoms with van der Waals surface area (Å²) in [5, 5.41) is 3.46. The zero-order chi connectivity index (χ0) is 15.0. The Balaban J connectivity index is 2.24. The largest absolute Gasteiger partial charge is 0.340 e. The highest BCUT2D eigenvalue weighted by molar-refractivity contribution is 7.85. The Labute approximate surface area is 117 Å². The molecule has 0 saturated carbocycles. The number of amides is 1. The van der Waals surface area contributed by atoms with Crippen molar-refractivity contribution in [3.63, 3.8) is 0 Å². The van der Waals surface area contributed by atoms with E-state index in [1.165, 1.54) is 0 Å². The number of rotatable bonds is 7. The number of hydrogen-bond donors (Lipinski definition) is 1. The van der Waals surface area contributed by atoms with Crippen molar-refractivity contribution in [2.24, 2.45) is 5.11 Å². The first-order chi connectivity index (χ1) is 9.42. The van der Waals surface area contributed by atoms with Crippen LogP contribution < -0.4 is 0 Å². The lowest BCUT2D eigenvalue weighted by molar-refractivity contribution is -0.132. The second-order valence-electron chi connectivity index (χ2n) is 4.57. The van der Waals surface area contributed by atoms with Crippen LogP contribution >= 0.6 is 0 Å². The molecule has 0 atom stereocenters. The summed E-state index contributed by atoms with van der Waals surface area (Å²) in [5.74, 6) is -0.783. The number of azide groups is 1. The fourth-order valence-corrected chi connectivity index (χ4v) is 2.44. The van der Waals surface area contributed by atoms with Gasteiger partial charge in [-0.1, -0.05) is 5.11 Å². The number of carbonyl (C=O) groups excluding carboxylic acids is 1. The van der Waals surface area contributed by atoms with Crippen LogP contribution in [-0.2, 0) is 14.9 Å². The summed E-state index contributed by atoms with van der Waals surface area (Å²) in [7, 11) is -4.08. The van der Waals surface area contributed by atoms with Gasteiger partial charge in [-0.15, -0.1) is 0 Å². The highest BCUT2D eigenvalue weighted by Crippen LogP contribution is 2.05. The molecule has 0 aromatic rings. The Morgan fingerprint density at radius 2 is 1.95 bits per heavy atom. The fourth-order valence-electron chi connectivity index (χ4n) is 2.01. The molecule has 114 valence electrons. The first-order valence-corrected chi connectivity index (χ1v) is 7.99. The molecule has 0 unspecified atom stereocenters. The standard InChI is InChI=1S/C10H19N5O4S/c11-13-12-3-1-4-14-5-7-15(8-6-14)10(16)2-9-20(17,18)19/h1-9H2,(H,17,18,19). The van der Waals surface area contributed by atoms with Gasteiger partial charge in [-0.05, 0) is 18.5 Å². The van der Waals surface area contributed by atoms with Crippen LogP contribution in [-0.4, -0.2) is 73.7 Å². The van der Waals surface area contributed by atoms with Crippen LogP contribution in [0, 0.1) is 0 Å². The van der Waals surface area contributed by atoms with Gasteiger partial charge in [0.05, 0.1) is 5.75 Å². The third-order valence-electron chi connectivity index (χ3n) is 3.09. The van der Waals surface area contributed by atoms with E-state index < -0.39 is 15.9 Å². The predicted octanol–water partition coefficient (Wildman–Crippen LogP) is 0.109. The van der Waals surface area contributed by atoms with Crippen LogP contribution in [0.25, 0.3) is 10.4 Å². The summed E-state index contributed by atoms with van der Waals surface area (Å²) in [6.07, 6.45) is 0.594. The lowest BCUT2D eigenvalue weighted by Gasteiger charge is -2.34. The number of nitrogens with zero attached hydrogens (tertiary/aromatic N) is 5. The van der Waals surface area contributed by atoms with E-state index >= 15 is 0 Å². The molecule has 10 heteroatoms. The molecule has 1 N–H and O–H groups in total. The van der Waals surface area contributed by atoms with E-state index in [1.807, 2.05) is 0 Å². The minimum absolute atomic E-state index is 0.185. The summed E-state index contributed by atoms with van der Waals surface area (Å²) in [6, 6.07) is 0. The summed E-state index contributed by atoms with van der Waals surface area (Å²) < 4.78 is 29.8. The summed E-state index contributed by atoms with van der Waals surface area (Å²) >= 11 is 0. The monoisotopic (exact) mass is 305 g/mol. The molecule has 1 saturated heterocycles. The number of piperazine rings is 1.